The summed E-state index contributed by atoms with van der Waals surface area (Å²) in [6.07, 6.45) is -12.1. The van der Waals surface area contributed by atoms with Crippen LogP contribution in [0, 0.1) is 10.1 Å². The van der Waals surface area contributed by atoms with Crippen LogP contribution in [0.15, 0.2) is 6.33 Å². The average molecular weight is 246 g/mol. The fourth-order valence-electron chi connectivity index (χ4n) is 0.758. The van der Waals surface area contributed by atoms with Crippen molar-refractivity contribution in [1.29, 1.82) is 0 Å². The predicted octanol–water partition coefficient (Wildman–Crippen LogP) is 1.55. The molecule has 0 saturated heterocycles. The molecular formula is C5H3F5N4O2. The molecule has 1 heterocycles. The molecule has 16 heavy (non-hydrogen) atoms. The Balaban J connectivity index is 2.88. The first kappa shape index (κ1) is 12.3. The first-order chi connectivity index (χ1) is 7.23. The van der Waals surface area contributed by atoms with Crippen LogP contribution in [0.2, 0.25) is 0 Å². The van der Waals surface area contributed by atoms with E-state index in [4.69, 9.17) is 0 Å². The summed E-state index contributed by atoms with van der Waals surface area (Å²) >= 11 is 0. The minimum absolute atomic E-state index is 0.198. The van der Waals surface area contributed by atoms with Gasteiger partial charge in [-0.15, -0.1) is 4.68 Å². The van der Waals surface area contributed by atoms with Crippen LogP contribution in [0.1, 0.15) is 6.30 Å². The standard InChI is InChI=1S/C5H3F5N4O2/c6-2(5(8,9)10)3(7)13-1-11-4(12-13)14(15)16/h1-3H. The Bertz CT molecular complexity index is 390. The fourth-order valence-corrected chi connectivity index (χ4v) is 0.758. The molecule has 1 aromatic heterocycles. The van der Waals surface area contributed by atoms with Crippen molar-refractivity contribution in [2.75, 3.05) is 0 Å². The molecule has 2 unspecified atom stereocenters. The van der Waals surface area contributed by atoms with Gasteiger partial charge in [0.25, 0.3) is 0 Å². The van der Waals surface area contributed by atoms with Crippen LogP contribution in [-0.4, -0.2) is 32.0 Å². The number of alkyl halides is 5. The highest BCUT2D eigenvalue weighted by atomic mass is 19.4. The van der Waals surface area contributed by atoms with Gasteiger partial charge in [-0.2, -0.15) is 13.2 Å². The molecule has 0 N–H and O–H groups in total. The Kier molecular flexibility index (Phi) is 3.05. The summed E-state index contributed by atoms with van der Waals surface area (Å²) in [5.74, 6) is -1.11. The third-order valence-corrected chi connectivity index (χ3v) is 1.47. The molecule has 0 fully saturated rings. The van der Waals surface area contributed by atoms with Gasteiger partial charge < -0.3 is 10.1 Å². The minimum atomic E-state index is -5.42. The van der Waals surface area contributed by atoms with Crippen molar-refractivity contribution < 1.29 is 26.9 Å². The van der Waals surface area contributed by atoms with Gasteiger partial charge in [-0.1, -0.05) is 4.98 Å². The molecule has 90 valence electrons. The molecule has 0 spiro atoms. The Morgan fingerprint density at radius 2 is 2.00 bits per heavy atom. The SMILES string of the molecule is O=[N+]([O-])c1ncn(C(F)C(F)C(F)(F)F)n1. The third kappa shape index (κ3) is 2.41. The topological polar surface area (TPSA) is 73.8 Å². The highest BCUT2D eigenvalue weighted by Crippen LogP contribution is 2.31. The Labute approximate surface area is 83.8 Å². The second kappa shape index (κ2) is 3.98. The van der Waals surface area contributed by atoms with Crippen molar-refractivity contribution in [1.82, 2.24) is 14.8 Å². The molecule has 0 aliphatic heterocycles. The van der Waals surface area contributed by atoms with Gasteiger partial charge in [0.2, 0.25) is 18.8 Å². The zero-order valence-corrected chi connectivity index (χ0v) is 7.23. The molecule has 0 amide bonds. The van der Waals surface area contributed by atoms with E-state index in [1.54, 1.807) is 0 Å². The molecule has 1 rings (SSSR count). The first-order valence-corrected chi connectivity index (χ1v) is 3.64. The summed E-state index contributed by atoms with van der Waals surface area (Å²) in [4.78, 5) is 11.8. The lowest BCUT2D eigenvalue weighted by Crippen LogP contribution is -2.32. The molecule has 2 atom stereocenters. The monoisotopic (exact) mass is 246 g/mol. The van der Waals surface area contributed by atoms with Gasteiger partial charge in [0, 0.05) is 5.10 Å². The van der Waals surface area contributed by atoms with E-state index in [0.29, 0.717) is 6.33 Å². The highest BCUT2D eigenvalue weighted by molar-refractivity contribution is 4.97. The summed E-state index contributed by atoms with van der Waals surface area (Å²) in [6.45, 7) is 0. The molecule has 0 aliphatic carbocycles. The second-order valence-electron chi connectivity index (χ2n) is 2.60. The summed E-state index contributed by atoms with van der Waals surface area (Å²) in [7, 11) is 0. The first-order valence-electron chi connectivity index (χ1n) is 3.64. The van der Waals surface area contributed by atoms with Gasteiger partial charge in [0.05, 0.1) is 0 Å². The second-order valence-corrected chi connectivity index (χ2v) is 2.60. The van der Waals surface area contributed by atoms with Gasteiger partial charge in [-0.05, 0) is 4.92 Å². The summed E-state index contributed by atoms with van der Waals surface area (Å²) < 4.78 is 60.3. The van der Waals surface area contributed by atoms with Gasteiger partial charge >= 0.3 is 12.1 Å². The van der Waals surface area contributed by atoms with Crippen LogP contribution in [-0.2, 0) is 0 Å². The van der Waals surface area contributed by atoms with E-state index in [9.17, 15) is 32.1 Å². The molecule has 0 bridgehead atoms. The van der Waals surface area contributed by atoms with E-state index < -0.39 is 29.5 Å². The lowest BCUT2D eigenvalue weighted by molar-refractivity contribution is -0.394. The highest BCUT2D eigenvalue weighted by Gasteiger charge is 2.48. The third-order valence-electron chi connectivity index (χ3n) is 1.47. The van der Waals surface area contributed by atoms with Crippen molar-refractivity contribution in [3.05, 3.63) is 16.4 Å². The Hall–Kier alpha value is -1.81. The normalized spacial score (nSPS) is 15.8. The molecule has 0 aromatic carbocycles. The smallest absolute Gasteiger partial charge is 0.390 e. The largest absolute Gasteiger partial charge is 0.491 e. The molecule has 0 radical (unpaired) electrons. The number of nitro groups is 1. The number of rotatable bonds is 3. The zero-order chi connectivity index (χ0) is 12.5. The van der Waals surface area contributed by atoms with Gasteiger partial charge in [0.1, 0.15) is 0 Å². The summed E-state index contributed by atoms with van der Waals surface area (Å²) in [5.41, 5.74) is 0. The lowest BCUT2D eigenvalue weighted by Gasteiger charge is -2.14. The Morgan fingerprint density at radius 1 is 1.44 bits per heavy atom. The summed E-state index contributed by atoms with van der Waals surface area (Å²) in [6, 6.07) is 0. The van der Waals surface area contributed by atoms with Crippen molar-refractivity contribution in [2.24, 2.45) is 0 Å². The van der Waals surface area contributed by atoms with E-state index in [0.717, 1.165) is 0 Å². The van der Waals surface area contributed by atoms with Gasteiger partial charge in [0.15, 0.2) is 0 Å². The van der Waals surface area contributed by atoms with Crippen LogP contribution in [0.3, 0.4) is 0 Å². The van der Waals surface area contributed by atoms with E-state index in [2.05, 4.69) is 10.1 Å². The van der Waals surface area contributed by atoms with Crippen molar-refractivity contribution in [3.8, 4) is 0 Å². The quantitative estimate of drug-likeness (QED) is 0.460. The van der Waals surface area contributed by atoms with Crippen LogP contribution in [0.4, 0.5) is 27.9 Å². The van der Waals surface area contributed by atoms with Crippen LogP contribution in [0.25, 0.3) is 0 Å². The average Bonchev–Trinajstić information content (AvgIpc) is 2.62. The molecule has 6 nitrogen and oxygen atoms in total. The zero-order valence-electron chi connectivity index (χ0n) is 7.23. The van der Waals surface area contributed by atoms with E-state index in [1.165, 1.54) is 0 Å². The maximum Gasteiger partial charge on any atom is 0.491 e. The molecular weight excluding hydrogens is 243 g/mol. The van der Waals surface area contributed by atoms with Crippen LogP contribution >= 0.6 is 0 Å². The maximum absolute atomic E-state index is 12.8. The maximum atomic E-state index is 12.8. The molecule has 1 aromatic rings. The van der Waals surface area contributed by atoms with Crippen molar-refractivity contribution in [3.63, 3.8) is 0 Å². The molecule has 0 saturated carbocycles. The predicted molar refractivity (Wildman–Crippen MR) is 37.8 cm³/mol. The number of hydrogen-bond acceptors (Lipinski definition) is 4. The summed E-state index contributed by atoms with van der Waals surface area (Å²) in [5, 5.41) is 12.8. The van der Waals surface area contributed by atoms with E-state index in [-0.39, 0.29) is 4.68 Å². The van der Waals surface area contributed by atoms with Crippen LogP contribution < -0.4 is 0 Å². The number of nitrogens with zero attached hydrogens (tertiary/aromatic N) is 4. The van der Waals surface area contributed by atoms with Gasteiger partial charge in [-0.3, -0.25) is 0 Å². The number of hydrogen-bond donors (Lipinski definition) is 0. The van der Waals surface area contributed by atoms with Crippen LogP contribution in [0.5, 0.6) is 0 Å². The minimum Gasteiger partial charge on any atom is -0.390 e. The molecule has 0 aliphatic rings. The Morgan fingerprint density at radius 3 is 2.38 bits per heavy atom. The molecule has 11 heteroatoms. The van der Waals surface area contributed by atoms with Crippen molar-refractivity contribution in [2.45, 2.75) is 18.6 Å². The fraction of sp³-hybridized carbons (Fsp3) is 0.600. The van der Waals surface area contributed by atoms with E-state index >= 15 is 0 Å². The van der Waals surface area contributed by atoms with E-state index in [1.807, 2.05) is 0 Å². The van der Waals surface area contributed by atoms with Gasteiger partial charge in [-0.25, -0.2) is 8.78 Å². The lowest BCUT2D eigenvalue weighted by atomic mass is 10.3. The number of halogens is 5. The van der Waals surface area contributed by atoms with Crippen molar-refractivity contribution >= 4 is 5.95 Å². The number of aromatic nitrogens is 3.